The Morgan fingerprint density at radius 3 is 1.47 bits per heavy atom. The molecule has 9 nitrogen and oxygen atoms in total. The molecule has 1 aliphatic carbocycles. The second-order valence-corrected chi connectivity index (χ2v) is 19.7. The summed E-state index contributed by atoms with van der Waals surface area (Å²) < 4.78 is 23.2. The molecule has 3 aromatic carbocycles. The van der Waals surface area contributed by atoms with Crippen molar-refractivity contribution in [2.45, 2.75) is 33.3 Å². The van der Waals surface area contributed by atoms with Crippen LogP contribution in [-0.4, -0.2) is 58.2 Å². The maximum atomic E-state index is 12.3. The van der Waals surface area contributed by atoms with Gasteiger partial charge in [0.1, 0.15) is 18.1 Å². The summed E-state index contributed by atoms with van der Waals surface area (Å²) in [4.78, 5) is 52.5. The summed E-state index contributed by atoms with van der Waals surface area (Å²) >= 11 is 5.10. The number of pyridine rings is 3. The molecule has 10 rings (SSSR count). The minimum Gasteiger partial charge on any atom is -0.485 e. The highest BCUT2D eigenvalue weighted by atomic mass is 32.1. The van der Waals surface area contributed by atoms with Crippen molar-refractivity contribution in [3.05, 3.63) is 145 Å². The molecule has 0 spiro atoms. The number of carbonyl (C=O) groups is 3. The van der Waals surface area contributed by atoms with Crippen LogP contribution in [0.5, 0.6) is 11.5 Å². The Balaban J connectivity index is 1.11. The van der Waals surface area contributed by atoms with Crippen LogP contribution in [0.25, 0.3) is 89.9 Å². The van der Waals surface area contributed by atoms with Crippen molar-refractivity contribution in [3.8, 4) is 44.9 Å². The number of thiophene rings is 3. The maximum Gasteiger partial charge on any atom is 0.195 e. The second kappa shape index (κ2) is 17.4. The molecule has 326 valence electrons. The first kappa shape index (κ1) is 43.0. The number of fused-ring (bicyclic) bond motifs is 9. The minimum atomic E-state index is -0.247. The van der Waals surface area contributed by atoms with E-state index in [1.807, 2.05) is 79.7 Å². The van der Waals surface area contributed by atoms with E-state index in [2.05, 4.69) is 44.0 Å². The van der Waals surface area contributed by atoms with E-state index in [0.29, 0.717) is 34.6 Å². The van der Waals surface area contributed by atoms with Crippen molar-refractivity contribution in [1.29, 1.82) is 0 Å². The third kappa shape index (κ3) is 8.06. The third-order valence-electron chi connectivity index (χ3n) is 11.8. The molecule has 0 radical (unpaired) electrons. The number of ketones is 3. The molecule has 12 heteroatoms. The van der Waals surface area contributed by atoms with E-state index in [-0.39, 0.29) is 43.3 Å². The lowest BCUT2D eigenvalue weighted by molar-refractivity contribution is -0.121. The van der Waals surface area contributed by atoms with Gasteiger partial charge >= 0.3 is 0 Å². The highest BCUT2D eigenvalue weighted by Gasteiger charge is 2.24. The number of ether oxygens (including phenoxy) is 3. The van der Waals surface area contributed by atoms with Crippen LogP contribution < -0.4 is 9.47 Å². The lowest BCUT2D eigenvalue weighted by Crippen LogP contribution is -2.20. The van der Waals surface area contributed by atoms with Crippen LogP contribution in [0, 0.1) is 0 Å². The van der Waals surface area contributed by atoms with Crippen molar-refractivity contribution >= 4 is 108 Å². The first-order valence-corrected chi connectivity index (χ1v) is 23.6. The standard InChI is InChI=1S/C54H41N3O6S3/c1-28(2)46(58)25-61-34-7-10-49-37(16-34)43-22-55-19-40(52(43)64-49)31-13-32(41-20-56-23-44-38-17-35(62-26-47(59)29(3)4)8-11-50(38)65-53(41)44)15-33(14-31)42-21-57-24-45-39-18-36(63-27-48(60)30(5)6)9-12-51(39)66-54(42)45/h7-17,19-24,36H,1,3,5,18,25-27H2,2,4,6H3. The average molecular weight is 924 g/mol. The summed E-state index contributed by atoms with van der Waals surface area (Å²) in [7, 11) is 0. The fourth-order valence-corrected chi connectivity index (χ4v) is 11.7. The number of Topliss-reactive ketones (excluding diaryl/α,β-unsaturated/α-hetero) is 3. The van der Waals surface area contributed by atoms with E-state index in [9.17, 15) is 14.4 Å². The van der Waals surface area contributed by atoms with Gasteiger partial charge in [0.05, 0.1) is 6.10 Å². The molecule has 66 heavy (non-hydrogen) atoms. The molecule has 0 fully saturated rings. The van der Waals surface area contributed by atoms with Crippen LogP contribution in [-0.2, 0) is 25.5 Å². The Morgan fingerprint density at radius 2 is 1.00 bits per heavy atom. The van der Waals surface area contributed by atoms with E-state index in [1.54, 1.807) is 54.8 Å². The highest BCUT2D eigenvalue weighted by Crippen LogP contribution is 2.47. The van der Waals surface area contributed by atoms with Gasteiger partial charge in [-0.2, -0.15) is 0 Å². The molecule has 0 aliphatic heterocycles. The Kier molecular flexibility index (Phi) is 11.4. The third-order valence-corrected chi connectivity index (χ3v) is 15.4. The van der Waals surface area contributed by atoms with E-state index in [1.165, 1.54) is 0 Å². The van der Waals surface area contributed by atoms with E-state index in [0.717, 1.165) is 94.3 Å². The SMILES string of the molecule is C=C(C)C(=O)COc1ccc2sc3c(-c4cc(-c5cncc6c7c(sc56)C=CC(OCC(=O)C(=C)C)C7)cc(-c5cncc6c5sc5ccc(OCC(=O)C(=C)C)cc56)c4)cncc3c2c1. The van der Waals surface area contributed by atoms with Gasteiger partial charge in [0.2, 0.25) is 0 Å². The molecule has 1 unspecified atom stereocenters. The number of hydrogen-bond donors (Lipinski definition) is 0. The molecule has 1 atom stereocenters. The van der Waals surface area contributed by atoms with E-state index < -0.39 is 0 Å². The zero-order valence-corrected chi connectivity index (χ0v) is 38.8. The number of benzene rings is 3. The maximum absolute atomic E-state index is 12.3. The molecule has 0 saturated heterocycles. The predicted molar refractivity (Wildman–Crippen MR) is 270 cm³/mol. The van der Waals surface area contributed by atoms with Gasteiger partial charge in [-0.1, -0.05) is 25.8 Å². The number of aromatic nitrogens is 3. The fourth-order valence-electron chi connectivity index (χ4n) is 8.08. The van der Waals surface area contributed by atoms with Crippen LogP contribution in [0.1, 0.15) is 31.2 Å². The number of hydrogen-bond acceptors (Lipinski definition) is 12. The van der Waals surface area contributed by atoms with E-state index >= 15 is 0 Å². The van der Waals surface area contributed by atoms with Crippen LogP contribution in [0.4, 0.5) is 0 Å². The van der Waals surface area contributed by atoms with Gasteiger partial charge in [0.25, 0.3) is 0 Å². The van der Waals surface area contributed by atoms with Crippen molar-refractivity contribution in [2.24, 2.45) is 0 Å². The zero-order chi connectivity index (χ0) is 45.8. The molecular formula is C54H41N3O6S3. The summed E-state index contributed by atoms with van der Waals surface area (Å²) in [5, 5.41) is 5.00. The molecular weight excluding hydrogens is 883 g/mol. The molecule has 9 aromatic rings. The Labute approximate surface area is 392 Å². The smallest absolute Gasteiger partial charge is 0.195 e. The van der Waals surface area contributed by atoms with Gasteiger partial charge < -0.3 is 14.2 Å². The molecule has 0 saturated carbocycles. The summed E-state index contributed by atoms with van der Waals surface area (Å²) in [6.45, 7) is 16.2. The molecule has 6 heterocycles. The monoisotopic (exact) mass is 923 g/mol. The topological polar surface area (TPSA) is 118 Å². The average Bonchev–Trinajstić information content (AvgIpc) is 4.02. The predicted octanol–water partition coefficient (Wildman–Crippen LogP) is 13.0. The normalized spacial score (nSPS) is 13.4. The van der Waals surface area contributed by atoms with Gasteiger partial charge in [-0.25, -0.2) is 0 Å². The summed E-state index contributed by atoms with van der Waals surface area (Å²) in [6, 6.07) is 18.4. The molecule has 0 bridgehead atoms. The second-order valence-electron chi connectivity index (χ2n) is 16.6. The molecule has 6 aromatic heterocycles. The Bertz CT molecular complexity index is 3430. The van der Waals surface area contributed by atoms with E-state index in [4.69, 9.17) is 29.2 Å². The van der Waals surface area contributed by atoms with Crippen molar-refractivity contribution < 1.29 is 28.6 Å². The van der Waals surface area contributed by atoms with Crippen molar-refractivity contribution in [3.63, 3.8) is 0 Å². The summed E-state index contributed by atoms with van der Waals surface area (Å²) in [5.74, 6) is 0.798. The van der Waals surface area contributed by atoms with Crippen LogP contribution >= 0.6 is 34.0 Å². The van der Waals surface area contributed by atoms with Crippen molar-refractivity contribution in [2.75, 3.05) is 19.8 Å². The molecule has 0 amide bonds. The number of nitrogens with zero attached hydrogens (tertiary/aromatic N) is 3. The quantitative estimate of drug-likeness (QED) is 0.0926. The fraction of sp³-hybridized carbons (Fsp3) is 0.148. The van der Waals surface area contributed by atoms with Crippen LogP contribution in [0.3, 0.4) is 0 Å². The molecule has 1 aliphatic rings. The van der Waals surface area contributed by atoms with Gasteiger partial charge in [-0.3, -0.25) is 29.3 Å². The number of carbonyl (C=O) groups excluding carboxylic acids is 3. The Morgan fingerprint density at radius 1 is 0.561 bits per heavy atom. The number of rotatable bonds is 15. The highest BCUT2D eigenvalue weighted by molar-refractivity contribution is 7.26. The lowest BCUT2D eigenvalue weighted by Gasteiger charge is -2.17. The van der Waals surface area contributed by atoms with Gasteiger partial charge in [-0.05, 0) is 120 Å². The Hall–Kier alpha value is -6.96. The largest absolute Gasteiger partial charge is 0.485 e. The summed E-state index contributed by atoms with van der Waals surface area (Å²) in [5.41, 5.74) is 8.39. The van der Waals surface area contributed by atoms with Crippen molar-refractivity contribution in [1.82, 2.24) is 15.0 Å². The lowest BCUT2D eigenvalue weighted by atomic mass is 9.93. The zero-order valence-electron chi connectivity index (χ0n) is 36.4. The first-order chi connectivity index (χ1) is 31.9. The van der Waals surface area contributed by atoms with Gasteiger partial charge in [0, 0.05) is 116 Å². The van der Waals surface area contributed by atoms with Crippen LogP contribution in [0.2, 0.25) is 0 Å². The van der Waals surface area contributed by atoms with Crippen LogP contribution in [0.15, 0.2) is 134 Å². The van der Waals surface area contributed by atoms with Gasteiger partial charge in [0.15, 0.2) is 30.6 Å². The minimum absolute atomic E-state index is 0.0134. The summed E-state index contributed by atoms with van der Waals surface area (Å²) in [6.07, 6.45) is 16.0. The molecule has 0 N–H and O–H groups in total. The van der Waals surface area contributed by atoms with Gasteiger partial charge in [-0.15, -0.1) is 34.0 Å². The first-order valence-electron chi connectivity index (χ1n) is 21.2.